The van der Waals surface area contributed by atoms with E-state index in [4.69, 9.17) is 4.42 Å². The van der Waals surface area contributed by atoms with Crippen LogP contribution >= 0.6 is 0 Å². The Kier molecular flexibility index (Phi) is 4.57. The average Bonchev–Trinajstić information content (AvgIpc) is 3.09. The van der Waals surface area contributed by atoms with E-state index in [1.54, 1.807) is 42.7 Å². The van der Waals surface area contributed by atoms with Gasteiger partial charge in [0.25, 0.3) is 0 Å². The van der Waals surface area contributed by atoms with Crippen LogP contribution in [0.5, 0.6) is 0 Å². The molecule has 2 aromatic rings. The summed E-state index contributed by atoms with van der Waals surface area (Å²) in [4.78, 5) is 0.250. The minimum Gasteiger partial charge on any atom is -0.468 e. The van der Waals surface area contributed by atoms with E-state index in [0.29, 0.717) is 18.6 Å². The molecule has 0 amide bonds. The number of aliphatic hydroxyl groups excluding tert-OH is 1. The molecule has 2 heterocycles. The fraction of sp³-hybridized carbons (Fsp3) is 0.412. The number of piperidine rings is 1. The maximum Gasteiger partial charge on any atom is 0.244 e. The normalized spacial score (nSPS) is 23.0. The van der Waals surface area contributed by atoms with E-state index in [-0.39, 0.29) is 17.5 Å². The maximum absolute atomic E-state index is 13.1. The minimum absolute atomic E-state index is 0.192. The van der Waals surface area contributed by atoms with Gasteiger partial charge in [-0.15, -0.1) is 0 Å². The van der Waals surface area contributed by atoms with Gasteiger partial charge in [0.2, 0.25) is 10.0 Å². The van der Waals surface area contributed by atoms with Gasteiger partial charge in [-0.2, -0.15) is 4.31 Å². The molecule has 5 nitrogen and oxygen atoms in total. The molecule has 0 radical (unpaired) electrons. The summed E-state index contributed by atoms with van der Waals surface area (Å²) in [6.07, 6.45) is 3.75. The second-order valence-corrected chi connectivity index (χ2v) is 7.79. The summed E-state index contributed by atoms with van der Waals surface area (Å²) in [6.45, 7) is 1.72. The second-order valence-electron chi connectivity index (χ2n) is 5.95. The molecule has 1 aromatic heterocycles. The molecular formula is C17H21NO4S. The summed E-state index contributed by atoms with van der Waals surface area (Å²) in [6, 6.07) is 9.56. The van der Waals surface area contributed by atoms with Crippen molar-refractivity contribution in [1.29, 1.82) is 0 Å². The largest absolute Gasteiger partial charge is 0.468 e. The highest BCUT2D eigenvalue weighted by Gasteiger charge is 2.41. The molecule has 124 valence electrons. The predicted octanol–water partition coefficient (Wildman–Crippen LogP) is 2.86. The topological polar surface area (TPSA) is 70.8 Å². The molecule has 0 aliphatic carbocycles. The van der Waals surface area contributed by atoms with Crippen molar-refractivity contribution in [3.8, 4) is 0 Å². The van der Waals surface area contributed by atoms with Gasteiger partial charge < -0.3 is 9.52 Å². The molecule has 23 heavy (non-hydrogen) atoms. The van der Waals surface area contributed by atoms with E-state index in [0.717, 1.165) is 12.0 Å². The number of nitrogens with zero attached hydrogens (tertiary/aromatic N) is 1. The number of benzene rings is 1. The summed E-state index contributed by atoms with van der Waals surface area (Å²) in [7, 11) is -3.70. The number of hydrogen-bond donors (Lipinski definition) is 1. The Hall–Kier alpha value is -1.63. The molecular weight excluding hydrogens is 314 g/mol. The molecule has 0 spiro atoms. The summed E-state index contributed by atoms with van der Waals surface area (Å²) in [5.74, 6) is 0.624. The van der Waals surface area contributed by atoms with E-state index < -0.39 is 16.1 Å². The van der Waals surface area contributed by atoms with Crippen LogP contribution in [0.2, 0.25) is 0 Å². The minimum atomic E-state index is -3.70. The van der Waals surface area contributed by atoms with Gasteiger partial charge in [0.15, 0.2) is 0 Å². The van der Waals surface area contributed by atoms with Crippen molar-refractivity contribution in [1.82, 2.24) is 4.31 Å². The first-order valence-corrected chi connectivity index (χ1v) is 9.22. The highest BCUT2D eigenvalue weighted by Crippen LogP contribution is 2.38. The van der Waals surface area contributed by atoms with E-state index in [9.17, 15) is 13.5 Å². The first kappa shape index (κ1) is 16.2. The molecule has 0 saturated carbocycles. The first-order chi connectivity index (χ1) is 11.0. The van der Waals surface area contributed by atoms with E-state index in [1.807, 2.05) is 6.92 Å². The van der Waals surface area contributed by atoms with Crippen molar-refractivity contribution in [2.45, 2.75) is 43.2 Å². The Labute approximate surface area is 136 Å². The molecule has 3 rings (SSSR count). The molecule has 1 fully saturated rings. The summed E-state index contributed by atoms with van der Waals surface area (Å²) < 4.78 is 33.2. The Balaban J connectivity index is 2.05. The van der Waals surface area contributed by atoms with Crippen LogP contribution in [0.25, 0.3) is 0 Å². The quantitative estimate of drug-likeness (QED) is 0.933. The molecule has 1 aliphatic rings. The van der Waals surface area contributed by atoms with Gasteiger partial charge in [-0.3, -0.25) is 0 Å². The SMILES string of the molecule is Cc1ccc(S(=O)(=O)N2[C@H](CO)CCC[C@@H]2c2ccco2)cc1. The molecule has 1 saturated heterocycles. The summed E-state index contributed by atoms with van der Waals surface area (Å²) >= 11 is 0. The van der Waals surface area contributed by atoms with Crippen LogP contribution in [0.1, 0.15) is 36.6 Å². The van der Waals surface area contributed by atoms with Crippen molar-refractivity contribution in [2.75, 3.05) is 6.61 Å². The van der Waals surface area contributed by atoms with E-state index in [1.165, 1.54) is 4.31 Å². The van der Waals surface area contributed by atoms with Crippen LogP contribution in [-0.2, 0) is 10.0 Å². The molecule has 0 bridgehead atoms. The zero-order valence-corrected chi connectivity index (χ0v) is 13.9. The molecule has 2 atom stereocenters. The molecule has 1 aromatic carbocycles. The van der Waals surface area contributed by atoms with Crippen molar-refractivity contribution in [2.24, 2.45) is 0 Å². The predicted molar refractivity (Wildman–Crippen MR) is 86.4 cm³/mol. The highest BCUT2D eigenvalue weighted by atomic mass is 32.2. The maximum atomic E-state index is 13.1. The zero-order valence-electron chi connectivity index (χ0n) is 13.1. The smallest absolute Gasteiger partial charge is 0.244 e. The monoisotopic (exact) mass is 335 g/mol. The van der Waals surface area contributed by atoms with Crippen molar-refractivity contribution >= 4 is 10.0 Å². The molecule has 6 heteroatoms. The fourth-order valence-electron chi connectivity index (χ4n) is 3.17. The Morgan fingerprint density at radius 2 is 1.96 bits per heavy atom. The number of aliphatic hydroxyl groups is 1. The van der Waals surface area contributed by atoms with Crippen LogP contribution in [0.3, 0.4) is 0 Å². The fourth-order valence-corrected chi connectivity index (χ4v) is 5.00. The lowest BCUT2D eigenvalue weighted by molar-refractivity contribution is 0.105. The number of rotatable bonds is 4. The van der Waals surface area contributed by atoms with Crippen LogP contribution in [0.15, 0.2) is 52.0 Å². The number of furan rings is 1. The average molecular weight is 335 g/mol. The van der Waals surface area contributed by atoms with Gasteiger partial charge in [0.1, 0.15) is 5.76 Å². The van der Waals surface area contributed by atoms with Gasteiger partial charge in [0.05, 0.1) is 23.8 Å². The van der Waals surface area contributed by atoms with Crippen LogP contribution < -0.4 is 0 Å². The molecule has 1 N–H and O–H groups in total. The van der Waals surface area contributed by atoms with Crippen LogP contribution in [0.4, 0.5) is 0 Å². The van der Waals surface area contributed by atoms with Crippen LogP contribution in [-0.4, -0.2) is 30.5 Å². The third-order valence-corrected chi connectivity index (χ3v) is 6.34. The second kappa shape index (κ2) is 6.47. The van der Waals surface area contributed by atoms with Gasteiger partial charge in [-0.1, -0.05) is 17.7 Å². The molecule has 1 aliphatic heterocycles. The van der Waals surface area contributed by atoms with Gasteiger partial charge in [-0.25, -0.2) is 8.42 Å². The van der Waals surface area contributed by atoms with E-state index in [2.05, 4.69) is 0 Å². The van der Waals surface area contributed by atoms with Gasteiger partial charge >= 0.3 is 0 Å². The van der Waals surface area contributed by atoms with Crippen molar-refractivity contribution in [3.63, 3.8) is 0 Å². The Bertz CT molecular complexity index is 737. The van der Waals surface area contributed by atoms with Crippen molar-refractivity contribution < 1.29 is 17.9 Å². The zero-order chi connectivity index (χ0) is 16.4. The Morgan fingerprint density at radius 3 is 2.57 bits per heavy atom. The standard InChI is InChI=1S/C17H21NO4S/c1-13-7-9-15(10-8-13)23(20,21)18-14(12-19)4-2-5-16(18)17-6-3-11-22-17/h3,6-11,14,16,19H,2,4-5,12H2,1H3/t14-,16+/m0/s1. The van der Waals surface area contributed by atoms with Gasteiger partial charge in [0, 0.05) is 6.04 Å². The molecule has 0 unspecified atom stereocenters. The number of aryl methyl sites for hydroxylation is 1. The first-order valence-electron chi connectivity index (χ1n) is 7.78. The lowest BCUT2D eigenvalue weighted by atomic mass is 9.97. The van der Waals surface area contributed by atoms with Crippen LogP contribution in [0, 0.1) is 6.92 Å². The van der Waals surface area contributed by atoms with Gasteiger partial charge in [-0.05, 0) is 50.5 Å². The lowest BCUT2D eigenvalue weighted by Crippen LogP contribution is -2.47. The summed E-state index contributed by atoms with van der Waals surface area (Å²) in [5, 5.41) is 9.69. The van der Waals surface area contributed by atoms with E-state index >= 15 is 0 Å². The third kappa shape index (κ3) is 3.06. The summed E-state index contributed by atoms with van der Waals surface area (Å²) in [5.41, 5.74) is 1.00. The Morgan fingerprint density at radius 1 is 1.22 bits per heavy atom. The highest BCUT2D eigenvalue weighted by molar-refractivity contribution is 7.89. The number of sulfonamides is 1. The third-order valence-electron chi connectivity index (χ3n) is 4.36. The lowest BCUT2D eigenvalue weighted by Gasteiger charge is -2.39. The van der Waals surface area contributed by atoms with Crippen molar-refractivity contribution in [3.05, 3.63) is 54.0 Å². The number of hydrogen-bond acceptors (Lipinski definition) is 4.